The Morgan fingerprint density at radius 2 is 1.97 bits per heavy atom. The standard InChI is InChI=1S/C21H18F3N5O3/c1-13-20(31)28(17-4-2-3-5-18(17)32-13)9-8-19(30)27-15-10-14(21(22,23)24)6-7-16(15)29-12-25-11-26-29/h2-7,10-13H,8-9H2,1H3,(H,27,30)/t13-/m1/s1. The number of nitrogens with zero attached hydrogens (tertiary/aromatic N) is 4. The maximum atomic E-state index is 13.2. The van der Waals surface area contributed by atoms with Crippen LogP contribution in [0.5, 0.6) is 5.75 Å². The van der Waals surface area contributed by atoms with Crippen LogP contribution in [0.3, 0.4) is 0 Å². The van der Waals surface area contributed by atoms with E-state index in [-0.39, 0.29) is 30.2 Å². The Morgan fingerprint density at radius 3 is 2.69 bits per heavy atom. The van der Waals surface area contributed by atoms with Crippen molar-refractivity contribution in [2.45, 2.75) is 25.6 Å². The molecule has 0 aliphatic carbocycles. The number of ether oxygens (including phenoxy) is 1. The van der Waals surface area contributed by atoms with Crippen LogP contribution in [0.2, 0.25) is 0 Å². The molecule has 0 radical (unpaired) electrons. The lowest BCUT2D eigenvalue weighted by Crippen LogP contribution is -2.45. The summed E-state index contributed by atoms with van der Waals surface area (Å²) in [6, 6.07) is 9.88. The van der Waals surface area contributed by atoms with Gasteiger partial charge in [0.2, 0.25) is 5.91 Å². The van der Waals surface area contributed by atoms with Crippen LogP contribution in [0.1, 0.15) is 18.9 Å². The predicted octanol–water partition coefficient (Wildman–Crippen LogP) is 3.43. The highest BCUT2D eigenvalue weighted by Gasteiger charge is 2.33. The Labute approximate surface area is 180 Å². The number of anilines is 2. The molecule has 0 saturated carbocycles. The van der Waals surface area contributed by atoms with Crippen LogP contribution in [0.4, 0.5) is 24.5 Å². The highest BCUT2D eigenvalue weighted by Crippen LogP contribution is 2.35. The van der Waals surface area contributed by atoms with Gasteiger partial charge in [-0.1, -0.05) is 12.1 Å². The number of nitrogens with one attached hydrogen (secondary N) is 1. The average molecular weight is 445 g/mol. The molecule has 2 aromatic carbocycles. The monoisotopic (exact) mass is 445 g/mol. The number of aromatic nitrogens is 3. The lowest BCUT2D eigenvalue weighted by molar-refractivity contribution is -0.137. The van der Waals surface area contributed by atoms with Crippen LogP contribution in [-0.4, -0.2) is 39.2 Å². The third-order valence-electron chi connectivity index (χ3n) is 4.90. The number of halogens is 3. The van der Waals surface area contributed by atoms with Gasteiger partial charge in [0.15, 0.2) is 6.10 Å². The van der Waals surface area contributed by atoms with Crippen molar-refractivity contribution in [2.75, 3.05) is 16.8 Å². The molecule has 1 atom stereocenters. The largest absolute Gasteiger partial charge is 0.479 e. The summed E-state index contributed by atoms with van der Waals surface area (Å²) in [6.07, 6.45) is -2.90. The first-order valence-electron chi connectivity index (χ1n) is 9.67. The Balaban J connectivity index is 1.54. The van der Waals surface area contributed by atoms with E-state index < -0.39 is 23.8 Å². The van der Waals surface area contributed by atoms with E-state index in [4.69, 9.17) is 4.74 Å². The normalized spacial score (nSPS) is 15.8. The predicted molar refractivity (Wildman–Crippen MR) is 108 cm³/mol. The van der Waals surface area contributed by atoms with Crippen molar-refractivity contribution in [3.63, 3.8) is 0 Å². The number of carbonyl (C=O) groups is 2. The number of carbonyl (C=O) groups excluding carboxylic acids is 2. The van der Waals surface area contributed by atoms with Gasteiger partial charge >= 0.3 is 6.18 Å². The van der Waals surface area contributed by atoms with Gasteiger partial charge in [-0.05, 0) is 37.3 Å². The summed E-state index contributed by atoms with van der Waals surface area (Å²) in [5.41, 5.74) is -0.226. The SMILES string of the molecule is C[C@H]1Oc2ccccc2N(CCC(=O)Nc2cc(C(F)(F)F)ccc2-n2cncn2)C1=O. The molecular weight excluding hydrogens is 427 g/mol. The molecule has 0 fully saturated rings. The molecule has 1 aliphatic rings. The summed E-state index contributed by atoms with van der Waals surface area (Å²) < 4.78 is 46.4. The Hall–Kier alpha value is -3.89. The third kappa shape index (κ3) is 4.27. The average Bonchev–Trinajstić information content (AvgIpc) is 3.28. The van der Waals surface area contributed by atoms with Crippen LogP contribution < -0.4 is 15.0 Å². The fourth-order valence-corrected chi connectivity index (χ4v) is 3.36. The van der Waals surface area contributed by atoms with Gasteiger partial charge in [-0.2, -0.15) is 18.3 Å². The summed E-state index contributed by atoms with van der Waals surface area (Å²) in [6.45, 7) is 1.64. The first-order chi connectivity index (χ1) is 15.2. The van der Waals surface area contributed by atoms with Crippen molar-refractivity contribution in [1.29, 1.82) is 0 Å². The molecule has 4 rings (SSSR count). The zero-order chi connectivity index (χ0) is 22.9. The smallest absolute Gasteiger partial charge is 0.416 e. The van der Waals surface area contributed by atoms with Gasteiger partial charge in [0.25, 0.3) is 5.91 Å². The number of rotatable bonds is 5. The summed E-state index contributed by atoms with van der Waals surface area (Å²) >= 11 is 0. The van der Waals surface area contributed by atoms with Crippen molar-refractivity contribution >= 4 is 23.2 Å². The fourth-order valence-electron chi connectivity index (χ4n) is 3.36. The number of benzene rings is 2. The second-order valence-electron chi connectivity index (χ2n) is 7.09. The molecule has 3 aromatic rings. The highest BCUT2D eigenvalue weighted by atomic mass is 19.4. The second-order valence-corrected chi connectivity index (χ2v) is 7.09. The van der Waals surface area contributed by atoms with Crippen LogP contribution in [0, 0.1) is 0 Å². The molecular formula is C21H18F3N5O3. The Kier molecular flexibility index (Phi) is 5.56. The maximum Gasteiger partial charge on any atom is 0.416 e. The van der Waals surface area contributed by atoms with Gasteiger partial charge in [0.05, 0.1) is 22.6 Å². The molecule has 0 saturated heterocycles. The molecule has 11 heteroatoms. The number of alkyl halides is 3. The number of para-hydroxylation sites is 2. The first-order valence-corrected chi connectivity index (χ1v) is 9.67. The number of hydrogen-bond acceptors (Lipinski definition) is 5. The molecule has 0 unspecified atom stereocenters. The van der Waals surface area contributed by atoms with Gasteiger partial charge in [0.1, 0.15) is 18.4 Å². The highest BCUT2D eigenvalue weighted by molar-refractivity contribution is 6.01. The molecule has 166 valence electrons. The van der Waals surface area contributed by atoms with Gasteiger partial charge in [0, 0.05) is 13.0 Å². The number of hydrogen-bond donors (Lipinski definition) is 1. The molecule has 32 heavy (non-hydrogen) atoms. The minimum absolute atomic E-state index is 0.0347. The maximum absolute atomic E-state index is 13.2. The lowest BCUT2D eigenvalue weighted by atomic mass is 10.1. The minimum Gasteiger partial charge on any atom is -0.479 e. The van der Waals surface area contributed by atoms with Crippen molar-refractivity contribution in [3.8, 4) is 11.4 Å². The van der Waals surface area contributed by atoms with E-state index in [1.807, 2.05) is 0 Å². The van der Waals surface area contributed by atoms with Gasteiger partial charge < -0.3 is 15.0 Å². The van der Waals surface area contributed by atoms with Crippen LogP contribution in [0.25, 0.3) is 5.69 Å². The molecule has 2 heterocycles. The van der Waals surface area contributed by atoms with E-state index in [0.717, 1.165) is 12.1 Å². The van der Waals surface area contributed by atoms with Crippen LogP contribution in [-0.2, 0) is 15.8 Å². The van der Waals surface area contributed by atoms with E-state index in [2.05, 4.69) is 15.4 Å². The molecule has 1 aliphatic heterocycles. The molecule has 2 amide bonds. The van der Waals surface area contributed by atoms with E-state index in [9.17, 15) is 22.8 Å². The summed E-state index contributed by atoms with van der Waals surface area (Å²) in [5, 5.41) is 6.42. The Bertz CT molecular complexity index is 1150. The molecule has 0 spiro atoms. The van der Waals surface area contributed by atoms with Gasteiger partial charge in [-0.25, -0.2) is 9.67 Å². The van der Waals surface area contributed by atoms with Crippen molar-refractivity contribution in [1.82, 2.24) is 14.8 Å². The number of fused-ring (bicyclic) bond motifs is 1. The van der Waals surface area contributed by atoms with E-state index in [1.54, 1.807) is 31.2 Å². The first kappa shape index (κ1) is 21.3. The molecule has 1 aromatic heterocycles. The topological polar surface area (TPSA) is 89.3 Å². The quantitative estimate of drug-likeness (QED) is 0.650. The zero-order valence-corrected chi connectivity index (χ0v) is 16.8. The van der Waals surface area contributed by atoms with Crippen LogP contribution in [0.15, 0.2) is 55.1 Å². The third-order valence-corrected chi connectivity index (χ3v) is 4.90. The van der Waals surface area contributed by atoms with Crippen LogP contribution >= 0.6 is 0 Å². The van der Waals surface area contributed by atoms with E-state index in [0.29, 0.717) is 11.4 Å². The summed E-state index contributed by atoms with van der Waals surface area (Å²) in [5.74, 6) is -0.347. The summed E-state index contributed by atoms with van der Waals surface area (Å²) in [4.78, 5) is 30.4. The lowest BCUT2D eigenvalue weighted by Gasteiger charge is -2.32. The van der Waals surface area contributed by atoms with Gasteiger partial charge in [-0.3, -0.25) is 9.59 Å². The minimum atomic E-state index is -4.58. The molecule has 8 nitrogen and oxygen atoms in total. The second kappa shape index (κ2) is 8.33. The molecule has 1 N–H and O–H groups in total. The van der Waals surface area contributed by atoms with Crippen molar-refractivity contribution in [2.24, 2.45) is 0 Å². The Morgan fingerprint density at radius 1 is 1.19 bits per heavy atom. The summed E-state index contributed by atoms with van der Waals surface area (Å²) in [7, 11) is 0. The number of amides is 2. The van der Waals surface area contributed by atoms with Gasteiger partial charge in [-0.15, -0.1) is 0 Å². The van der Waals surface area contributed by atoms with Crippen molar-refractivity contribution in [3.05, 3.63) is 60.7 Å². The fraction of sp³-hybridized carbons (Fsp3) is 0.238. The van der Waals surface area contributed by atoms with Crippen molar-refractivity contribution < 1.29 is 27.5 Å². The zero-order valence-electron chi connectivity index (χ0n) is 16.8. The van der Waals surface area contributed by atoms with E-state index >= 15 is 0 Å². The van der Waals surface area contributed by atoms with E-state index in [1.165, 1.54) is 28.3 Å². The molecule has 0 bridgehead atoms.